The Hall–Kier alpha value is -2.15. The Morgan fingerprint density at radius 2 is 2.05 bits per heavy atom. The summed E-state index contributed by atoms with van der Waals surface area (Å²) in [6.45, 7) is 0. The number of ether oxygens (including phenoxy) is 1. The van der Waals surface area contributed by atoms with Crippen molar-refractivity contribution in [3.8, 4) is 5.75 Å². The van der Waals surface area contributed by atoms with Crippen LogP contribution in [0.3, 0.4) is 0 Å². The average Bonchev–Trinajstić information content (AvgIpc) is 2.48. The lowest BCUT2D eigenvalue weighted by Gasteiger charge is -2.31. The number of methoxy groups -OCH3 is 1. The van der Waals surface area contributed by atoms with Crippen molar-refractivity contribution in [2.75, 3.05) is 12.4 Å². The second-order valence-electron chi connectivity index (χ2n) is 5.31. The van der Waals surface area contributed by atoms with E-state index in [-0.39, 0.29) is 17.3 Å². The molecule has 7 nitrogen and oxygen atoms in total. The van der Waals surface area contributed by atoms with Crippen molar-refractivity contribution in [3.05, 3.63) is 28.3 Å². The van der Waals surface area contributed by atoms with Gasteiger partial charge in [-0.2, -0.15) is 0 Å². The number of nitrogens with two attached hydrogens (primary N) is 1. The first-order valence-corrected chi connectivity index (χ1v) is 6.89. The van der Waals surface area contributed by atoms with Gasteiger partial charge < -0.3 is 15.8 Å². The van der Waals surface area contributed by atoms with Gasteiger partial charge in [0.05, 0.1) is 29.3 Å². The van der Waals surface area contributed by atoms with Crippen LogP contribution in [0.1, 0.15) is 32.1 Å². The normalized spacial score (nSPS) is 17.0. The zero-order chi connectivity index (χ0) is 15.5. The van der Waals surface area contributed by atoms with Gasteiger partial charge in [-0.25, -0.2) is 0 Å². The number of nitrogens with zero attached hydrogens (tertiary/aromatic N) is 1. The number of hydrogen-bond acceptors (Lipinski definition) is 5. The van der Waals surface area contributed by atoms with E-state index in [2.05, 4.69) is 5.32 Å². The van der Waals surface area contributed by atoms with Crippen LogP contribution in [-0.4, -0.2) is 23.5 Å². The zero-order valence-corrected chi connectivity index (χ0v) is 11.9. The van der Waals surface area contributed by atoms with Crippen LogP contribution in [0.4, 0.5) is 11.4 Å². The number of carbonyl (C=O) groups excluding carboxylic acids is 1. The summed E-state index contributed by atoms with van der Waals surface area (Å²) < 4.78 is 5.10. The van der Waals surface area contributed by atoms with Gasteiger partial charge in [-0.3, -0.25) is 14.9 Å². The van der Waals surface area contributed by atoms with Crippen LogP contribution in [0.25, 0.3) is 0 Å². The maximum atomic E-state index is 12.4. The van der Waals surface area contributed by atoms with Crippen molar-refractivity contribution in [2.45, 2.75) is 37.6 Å². The molecule has 0 atom stereocenters. The van der Waals surface area contributed by atoms with E-state index >= 15 is 0 Å². The van der Waals surface area contributed by atoms with Crippen LogP contribution >= 0.6 is 0 Å². The fraction of sp³-hybridized carbons (Fsp3) is 0.500. The molecule has 0 heterocycles. The van der Waals surface area contributed by atoms with Crippen LogP contribution in [0.15, 0.2) is 18.2 Å². The van der Waals surface area contributed by atoms with Crippen molar-refractivity contribution in [2.24, 2.45) is 5.73 Å². The maximum Gasteiger partial charge on any atom is 0.273 e. The van der Waals surface area contributed by atoms with E-state index in [0.717, 1.165) is 19.3 Å². The molecule has 2 rings (SSSR count). The lowest BCUT2D eigenvalue weighted by Crippen LogP contribution is -2.52. The smallest absolute Gasteiger partial charge is 0.273 e. The third-order valence-corrected chi connectivity index (χ3v) is 3.84. The van der Waals surface area contributed by atoms with Gasteiger partial charge in [0.25, 0.3) is 5.69 Å². The van der Waals surface area contributed by atoms with Crippen molar-refractivity contribution < 1.29 is 14.5 Å². The molecular formula is C14H19N3O4. The Morgan fingerprint density at radius 3 is 2.62 bits per heavy atom. The van der Waals surface area contributed by atoms with Crippen LogP contribution in [-0.2, 0) is 4.79 Å². The molecule has 0 aliphatic heterocycles. The van der Waals surface area contributed by atoms with Gasteiger partial charge in [0.15, 0.2) is 0 Å². The Kier molecular flexibility index (Phi) is 4.42. The van der Waals surface area contributed by atoms with E-state index < -0.39 is 10.5 Å². The molecular weight excluding hydrogens is 274 g/mol. The highest BCUT2D eigenvalue weighted by molar-refractivity contribution is 5.99. The fourth-order valence-electron chi connectivity index (χ4n) is 2.55. The Morgan fingerprint density at radius 1 is 1.38 bits per heavy atom. The summed E-state index contributed by atoms with van der Waals surface area (Å²) in [6.07, 6.45) is 4.25. The summed E-state index contributed by atoms with van der Waals surface area (Å²) in [5, 5.41) is 13.5. The van der Waals surface area contributed by atoms with Gasteiger partial charge in [0.2, 0.25) is 5.91 Å². The summed E-state index contributed by atoms with van der Waals surface area (Å²) in [6, 6.07) is 4.06. The number of nitrogens with one attached hydrogen (secondary N) is 1. The van der Waals surface area contributed by atoms with Gasteiger partial charge in [-0.15, -0.1) is 0 Å². The molecule has 0 spiro atoms. The van der Waals surface area contributed by atoms with Crippen LogP contribution in [0.5, 0.6) is 5.75 Å². The molecule has 0 saturated heterocycles. The summed E-state index contributed by atoms with van der Waals surface area (Å²) in [5.74, 6) is -0.0219. The zero-order valence-electron chi connectivity index (χ0n) is 11.9. The highest BCUT2D eigenvalue weighted by Gasteiger charge is 2.35. The SMILES string of the molecule is COc1cc([N+](=O)[O-])ccc1NC(=O)C1(N)CCCCC1. The van der Waals surface area contributed by atoms with Crippen LogP contribution < -0.4 is 15.8 Å². The largest absolute Gasteiger partial charge is 0.494 e. The molecule has 1 aliphatic carbocycles. The van der Waals surface area contributed by atoms with E-state index in [1.54, 1.807) is 0 Å². The van der Waals surface area contributed by atoms with Gasteiger partial charge >= 0.3 is 0 Å². The van der Waals surface area contributed by atoms with Gasteiger partial charge in [0, 0.05) is 6.07 Å². The summed E-state index contributed by atoms with van der Waals surface area (Å²) >= 11 is 0. The number of anilines is 1. The van der Waals surface area contributed by atoms with E-state index in [1.165, 1.54) is 25.3 Å². The minimum Gasteiger partial charge on any atom is -0.494 e. The molecule has 1 aromatic rings. The Bertz CT molecular complexity index is 553. The number of carbonyl (C=O) groups is 1. The minimum atomic E-state index is -0.870. The number of amides is 1. The highest BCUT2D eigenvalue weighted by Crippen LogP contribution is 2.32. The summed E-state index contributed by atoms with van der Waals surface area (Å²) in [4.78, 5) is 22.6. The number of rotatable bonds is 4. The molecule has 7 heteroatoms. The predicted molar refractivity (Wildman–Crippen MR) is 78.3 cm³/mol. The van der Waals surface area contributed by atoms with Crippen LogP contribution in [0.2, 0.25) is 0 Å². The topological polar surface area (TPSA) is 107 Å². The van der Waals surface area contributed by atoms with Crippen LogP contribution in [0, 0.1) is 10.1 Å². The van der Waals surface area contributed by atoms with E-state index in [1.807, 2.05) is 0 Å². The summed E-state index contributed by atoms with van der Waals surface area (Å²) in [5.41, 5.74) is 5.59. The quantitative estimate of drug-likeness (QED) is 0.653. The predicted octanol–water partition coefficient (Wildman–Crippen LogP) is 2.20. The summed E-state index contributed by atoms with van der Waals surface area (Å²) in [7, 11) is 1.40. The molecule has 1 aliphatic rings. The minimum absolute atomic E-state index is 0.0926. The lowest BCUT2D eigenvalue weighted by molar-refractivity contribution is -0.384. The maximum absolute atomic E-state index is 12.4. The molecule has 0 aromatic heterocycles. The standard InChI is InChI=1S/C14H19N3O4/c1-21-12-9-10(17(19)20)5-6-11(12)16-13(18)14(15)7-3-2-4-8-14/h5-6,9H,2-4,7-8,15H2,1H3,(H,16,18). The first kappa shape index (κ1) is 15.2. The third kappa shape index (κ3) is 3.30. The van der Waals surface area contributed by atoms with Gasteiger partial charge in [-0.05, 0) is 18.9 Å². The molecule has 1 aromatic carbocycles. The highest BCUT2D eigenvalue weighted by atomic mass is 16.6. The lowest BCUT2D eigenvalue weighted by atomic mass is 9.82. The van der Waals surface area contributed by atoms with Crippen molar-refractivity contribution in [3.63, 3.8) is 0 Å². The Labute approximate surface area is 122 Å². The van der Waals surface area contributed by atoms with Gasteiger partial charge in [-0.1, -0.05) is 19.3 Å². The molecule has 3 N–H and O–H groups in total. The first-order chi connectivity index (χ1) is 9.96. The molecule has 0 bridgehead atoms. The third-order valence-electron chi connectivity index (χ3n) is 3.84. The monoisotopic (exact) mass is 293 g/mol. The molecule has 1 amide bonds. The molecule has 0 unspecified atom stereocenters. The van der Waals surface area contributed by atoms with Crippen molar-refractivity contribution in [1.29, 1.82) is 0 Å². The molecule has 0 radical (unpaired) electrons. The number of nitro groups is 1. The first-order valence-electron chi connectivity index (χ1n) is 6.89. The second kappa shape index (κ2) is 6.09. The number of nitro benzene ring substituents is 1. The average molecular weight is 293 g/mol. The van der Waals surface area contributed by atoms with E-state index in [9.17, 15) is 14.9 Å². The van der Waals surface area contributed by atoms with Gasteiger partial charge in [0.1, 0.15) is 5.75 Å². The molecule has 114 valence electrons. The second-order valence-corrected chi connectivity index (χ2v) is 5.31. The number of non-ortho nitro benzene ring substituents is 1. The number of benzene rings is 1. The van der Waals surface area contributed by atoms with Crippen molar-refractivity contribution in [1.82, 2.24) is 0 Å². The van der Waals surface area contributed by atoms with Crippen molar-refractivity contribution >= 4 is 17.3 Å². The van der Waals surface area contributed by atoms with E-state index in [0.29, 0.717) is 18.5 Å². The number of hydrogen-bond donors (Lipinski definition) is 2. The van der Waals surface area contributed by atoms with E-state index in [4.69, 9.17) is 10.5 Å². The molecule has 21 heavy (non-hydrogen) atoms. The molecule has 1 saturated carbocycles. The Balaban J connectivity index is 2.18. The fourth-order valence-corrected chi connectivity index (χ4v) is 2.55. The molecule has 1 fully saturated rings.